The molecular formula is C24H17Cl2IN2O3. The molecule has 0 aliphatic rings. The number of halogens is 3. The van der Waals surface area contributed by atoms with E-state index in [0.29, 0.717) is 34.4 Å². The van der Waals surface area contributed by atoms with Crippen LogP contribution in [0.3, 0.4) is 0 Å². The Labute approximate surface area is 209 Å². The standard InChI is InChI=1S/C24H17Cl2IN2O3/c1-31-22-12-16(7-10-21(22)32-14-15-5-8-18(27)9-6-15)11-17(13-28)24(30)29-20-4-2-3-19(25)23(20)26/h2-12H,14H2,1H3,(H,29,30)/b17-11-. The summed E-state index contributed by atoms with van der Waals surface area (Å²) in [7, 11) is 1.53. The Kier molecular flexibility index (Phi) is 8.39. The maximum atomic E-state index is 12.6. The molecule has 0 heterocycles. The highest BCUT2D eigenvalue weighted by Gasteiger charge is 2.14. The van der Waals surface area contributed by atoms with Crippen LogP contribution in [0.25, 0.3) is 6.08 Å². The van der Waals surface area contributed by atoms with Gasteiger partial charge in [-0.05, 0) is 76.2 Å². The summed E-state index contributed by atoms with van der Waals surface area (Å²) in [5, 5.41) is 12.6. The Morgan fingerprint density at radius 3 is 2.56 bits per heavy atom. The number of hydrogen-bond acceptors (Lipinski definition) is 4. The lowest BCUT2D eigenvalue weighted by molar-refractivity contribution is -0.112. The van der Waals surface area contributed by atoms with E-state index in [1.807, 2.05) is 30.3 Å². The highest BCUT2D eigenvalue weighted by molar-refractivity contribution is 14.1. The molecule has 162 valence electrons. The first-order valence-corrected chi connectivity index (χ1v) is 11.2. The molecule has 0 aromatic heterocycles. The van der Waals surface area contributed by atoms with Crippen LogP contribution in [-0.2, 0) is 11.4 Å². The number of carbonyl (C=O) groups excluding carboxylic acids is 1. The van der Waals surface area contributed by atoms with Gasteiger partial charge in [-0.3, -0.25) is 4.79 Å². The lowest BCUT2D eigenvalue weighted by Crippen LogP contribution is -2.13. The Morgan fingerprint density at radius 1 is 1.12 bits per heavy atom. The molecule has 0 spiro atoms. The monoisotopic (exact) mass is 578 g/mol. The van der Waals surface area contributed by atoms with Crippen molar-refractivity contribution >= 4 is 63.5 Å². The second-order valence-electron chi connectivity index (χ2n) is 6.55. The van der Waals surface area contributed by atoms with E-state index < -0.39 is 5.91 Å². The average Bonchev–Trinajstić information content (AvgIpc) is 2.80. The summed E-state index contributed by atoms with van der Waals surface area (Å²) in [6.07, 6.45) is 1.46. The third kappa shape index (κ3) is 6.16. The number of carbonyl (C=O) groups is 1. The topological polar surface area (TPSA) is 71.3 Å². The maximum Gasteiger partial charge on any atom is 0.266 e. The Bertz CT molecular complexity index is 1200. The summed E-state index contributed by atoms with van der Waals surface area (Å²) in [6, 6.07) is 19.9. The normalized spacial score (nSPS) is 10.9. The minimum atomic E-state index is -0.602. The number of amides is 1. The molecule has 0 aliphatic carbocycles. The number of nitriles is 1. The van der Waals surface area contributed by atoms with Gasteiger partial charge in [0.2, 0.25) is 0 Å². The van der Waals surface area contributed by atoms with Crippen LogP contribution < -0.4 is 14.8 Å². The highest BCUT2D eigenvalue weighted by Crippen LogP contribution is 2.31. The lowest BCUT2D eigenvalue weighted by atomic mass is 10.1. The fraction of sp³-hybridized carbons (Fsp3) is 0.0833. The zero-order valence-corrected chi connectivity index (χ0v) is 20.5. The molecule has 8 heteroatoms. The van der Waals surface area contributed by atoms with Crippen molar-refractivity contribution in [3.05, 3.63) is 91.0 Å². The van der Waals surface area contributed by atoms with Crippen molar-refractivity contribution in [2.24, 2.45) is 0 Å². The smallest absolute Gasteiger partial charge is 0.266 e. The van der Waals surface area contributed by atoms with E-state index in [9.17, 15) is 10.1 Å². The molecule has 0 atom stereocenters. The molecule has 0 unspecified atom stereocenters. The Hall–Kier alpha value is -2.73. The molecule has 1 amide bonds. The van der Waals surface area contributed by atoms with Gasteiger partial charge in [-0.2, -0.15) is 5.26 Å². The van der Waals surface area contributed by atoms with Gasteiger partial charge in [-0.25, -0.2) is 0 Å². The zero-order valence-electron chi connectivity index (χ0n) is 16.9. The molecule has 0 radical (unpaired) electrons. The summed E-state index contributed by atoms with van der Waals surface area (Å²) in [5.74, 6) is 0.436. The average molecular weight is 579 g/mol. The number of rotatable bonds is 7. The summed E-state index contributed by atoms with van der Waals surface area (Å²) in [6.45, 7) is 0.384. The minimum Gasteiger partial charge on any atom is -0.493 e. The number of ether oxygens (including phenoxy) is 2. The summed E-state index contributed by atoms with van der Waals surface area (Å²) < 4.78 is 12.4. The molecule has 3 aromatic rings. The quantitative estimate of drug-likeness (QED) is 0.192. The number of methoxy groups -OCH3 is 1. The third-order valence-corrected chi connectivity index (χ3v) is 5.91. The van der Waals surface area contributed by atoms with Crippen molar-refractivity contribution in [2.45, 2.75) is 6.61 Å². The second kappa shape index (κ2) is 11.2. The van der Waals surface area contributed by atoms with Crippen molar-refractivity contribution in [3.63, 3.8) is 0 Å². The van der Waals surface area contributed by atoms with Gasteiger partial charge in [0.15, 0.2) is 11.5 Å². The van der Waals surface area contributed by atoms with E-state index in [0.717, 1.165) is 9.13 Å². The van der Waals surface area contributed by atoms with Crippen molar-refractivity contribution < 1.29 is 14.3 Å². The van der Waals surface area contributed by atoms with Crippen molar-refractivity contribution in [1.82, 2.24) is 0 Å². The van der Waals surface area contributed by atoms with Crippen LogP contribution >= 0.6 is 45.8 Å². The molecule has 32 heavy (non-hydrogen) atoms. The van der Waals surface area contributed by atoms with E-state index >= 15 is 0 Å². The minimum absolute atomic E-state index is 0.101. The molecular weight excluding hydrogens is 562 g/mol. The van der Waals surface area contributed by atoms with Crippen LogP contribution in [0.2, 0.25) is 10.0 Å². The number of anilines is 1. The molecule has 0 saturated carbocycles. The first-order valence-electron chi connectivity index (χ1n) is 9.33. The van der Waals surface area contributed by atoms with Gasteiger partial charge in [-0.1, -0.05) is 47.5 Å². The van der Waals surface area contributed by atoms with Crippen LogP contribution in [0.5, 0.6) is 11.5 Å². The SMILES string of the molecule is COc1cc(/C=C(/C#N)C(=O)Nc2cccc(Cl)c2Cl)ccc1OCc1ccc(I)cc1. The van der Waals surface area contributed by atoms with Gasteiger partial charge >= 0.3 is 0 Å². The van der Waals surface area contributed by atoms with Gasteiger partial charge < -0.3 is 14.8 Å². The fourth-order valence-corrected chi connectivity index (χ4v) is 3.45. The van der Waals surface area contributed by atoms with Crippen molar-refractivity contribution in [1.29, 1.82) is 5.26 Å². The van der Waals surface area contributed by atoms with E-state index in [4.69, 9.17) is 32.7 Å². The second-order valence-corrected chi connectivity index (χ2v) is 8.58. The summed E-state index contributed by atoms with van der Waals surface area (Å²) >= 11 is 14.3. The van der Waals surface area contributed by atoms with Crippen LogP contribution in [-0.4, -0.2) is 13.0 Å². The van der Waals surface area contributed by atoms with Gasteiger partial charge in [0.1, 0.15) is 18.2 Å². The molecule has 0 saturated heterocycles. The van der Waals surface area contributed by atoms with Gasteiger partial charge in [0, 0.05) is 3.57 Å². The third-order valence-electron chi connectivity index (χ3n) is 4.37. The van der Waals surface area contributed by atoms with Crippen LogP contribution in [0, 0.1) is 14.9 Å². The van der Waals surface area contributed by atoms with Crippen molar-refractivity contribution in [2.75, 3.05) is 12.4 Å². The number of nitrogens with zero attached hydrogens (tertiary/aromatic N) is 1. The number of hydrogen-bond donors (Lipinski definition) is 1. The van der Waals surface area contributed by atoms with E-state index in [1.54, 1.807) is 36.4 Å². The Morgan fingerprint density at radius 2 is 1.88 bits per heavy atom. The maximum absolute atomic E-state index is 12.6. The molecule has 3 aromatic carbocycles. The van der Waals surface area contributed by atoms with E-state index in [-0.39, 0.29) is 10.6 Å². The molecule has 0 bridgehead atoms. The molecule has 3 rings (SSSR count). The van der Waals surface area contributed by atoms with Gasteiger partial charge in [0.05, 0.1) is 22.8 Å². The van der Waals surface area contributed by atoms with Crippen LogP contribution in [0.1, 0.15) is 11.1 Å². The lowest BCUT2D eigenvalue weighted by Gasteiger charge is -2.12. The largest absolute Gasteiger partial charge is 0.493 e. The molecule has 1 N–H and O–H groups in total. The number of benzene rings is 3. The van der Waals surface area contributed by atoms with Crippen LogP contribution in [0.4, 0.5) is 5.69 Å². The predicted molar refractivity (Wildman–Crippen MR) is 135 cm³/mol. The van der Waals surface area contributed by atoms with Gasteiger partial charge in [0.25, 0.3) is 5.91 Å². The van der Waals surface area contributed by atoms with E-state index in [2.05, 4.69) is 27.9 Å². The first-order chi connectivity index (χ1) is 15.4. The highest BCUT2D eigenvalue weighted by atomic mass is 127. The Balaban J connectivity index is 1.77. The summed E-state index contributed by atoms with van der Waals surface area (Å²) in [5.41, 5.74) is 1.85. The first kappa shape index (κ1) is 23.9. The fourth-order valence-electron chi connectivity index (χ4n) is 2.74. The van der Waals surface area contributed by atoms with Gasteiger partial charge in [-0.15, -0.1) is 0 Å². The van der Waals surface area contributed by atoms with Crippen LogP contribution in [0.15, 0.2) is 66.2 Å². The number of nitrogens with one attached hydrogen (secondary N) is 1. The summed E-state index contributed by atoms with van der Waals surface area (Å²) in [4.78, 5) is 12.6. The molecule has 0 aliphatic heterocycles. The molecule has 5 nitrogen and oxygen atoms in total. The van der Waals surface area contributed by atoms with Crippen molar-refractivity contribution in [3.8, 4) is 17.6 Å². The zero-order chi connectivity index (χ0) is 23.1. The molecule has 0 fully saturated rings. The predicted octanol–water partition coefficient (Wildman–Crippen LogP) is 6.73. The van der Waals surface area contributed by atoms with E-state index in [1.165, 1.54) is 13.2 Å².